The maximum Gasteiger partial charge on any atom is 0.303 e. The quantitative estimate of drug-likeness (QED) is 0.284. The maximum absolute atomic E-state index is 12.9. The molecule has 9 nitrogen and oxygen atoms in total. The van der Waals surface area contributed by atoms with Crippen molar-refractivity contribution in [2.45, 2.75) is 31.4 Å². The van der Waals surface area contributed by atoms with E-state index in [9.17, 15) is 4.79 Å². The molecule has 0 bridgehead atoms. The predicted octanol–water partition coefficient (Wildman–Crippen LogP) is 4.76. The van der Waals surface area contributed by atoms with E-state index in [0.29, 0.717) is 23.7 Å². The highest BCUT2D eigenvalue weighted by Crippen LogP contribution is 2.49. The fourth-order valence-electron chi connectivity index (χ4n) is 6.27. The van der Waals surface area contributed by atoms with Crippen molar-refractivity contribution >= 4 is 16.9 Å². The van der Waals surface area contributed by atoms with Gasteiger partial charge in [-0.05, 0) is 34.2 Å². The first kappa shape index (κ1) is 24.4. The molecule has 1 saturated carbocycles. The Balaban J connectivity index is 1.30. The Morgan fingerprint density at radius 1 is 0.925 bits per heavy atom. The second-order valence-electron chi connectivity index (χ2n) is 10.4. The fourth-order valence-corrected chi connectivity index (χ4v) is 6.27. The van der Waals surface area contributed by atoms with Crippen LogP contribution in [-0.2, 0) is 10.3 Å². The zero-order valence-electron chi connectivity index (χ0n) is 22.1. The minimum atomic E-state index is -0.789. The van der Waals surface area contributed by atoms with Crippen LogP contribution < -0.4 is 5.56 Å². The van der Waals surface area contributed by atoms with E-state index < -0.39 is 5.60 Å². The van der Waals surface area contributed by atoms with Gasteiger partial charge < -0.3 is 9.30 Å². The molecule has 0 spiro atoms. The molecule has 6 aromatic rings. The minimum Gasteiger partial charge on any atom is -0.360 e. The smallest absolute Gasteiger partial charge is 0.303 e. The summed E-state index contributed by atoms with van der Waals surface area (Å²) in [7, 11) is 0. The van der Waals surface area contributed by atoms with Crippen molar-refractivity contribution in [3.8, 4) is 0 Å². The van der Waals surface area contributed by atoms with Gasteiger partial charge in [0, 0.05) is 12.0 Å². The second kappa shape index (κ2) is 9.84. The van der Waals surface area contributed by atoms with E-state index in [1.54, 1.807) is 6.33 Å². The number of hydrogen-bond donors (Lipinski definition) is 1. The number of imidazole rings is 1. The van der Waals surface area contributed by atoms with Crippen molar-refractivity contribution in [1.82, 2.24) is 34.6 Å². The number of nitrogens with zero attached hydrogens (tertiary/aromatic N) is 6. The number of aromatic amines is 1. The molecule has 9 heteroatoms. The molecule has 3 aromatic heterocycles. The third-order valence-corrected chi connectivity index (χ3v) is 8.42. The third-order valence-electron chi connectivity index (χ3n) is 8.42. The summed E-state index contributed by atoms with van der Waals surface area (Å²) in [5, 5.41) is 10.2. The van der Waals surface area contributed by atoms with Gasteiger partial charge in [-0.1, -0.05) is 109 Å². The summed E-state index contributed by atoms with van der Waals surface area (Å²) in [6, 6.07) is 31.4. The van der Waals surface area contributed by atoms with Gasteiger partial charge in [-0.2, -0.15) is 14.7 Å². The Kier molecular flexibility index (Phi) is 6.00. The second-order valence-corrected chi connectivity index (χ2v) is 10.4. The van der Waals surface area contributed by atoms with Gasteiger partial charge >= 0.3 is 5.56 Å². The van der Waals surface area contributed by atoms with Gasteiger partial charge in [0.15, 0.2) is 11.2 Å². The lowest BCUT2D eigenvalue weighted by atomic mass is 9.68. The Morgan fingerprint density at radius 3 is 2.10 bits per heavy atom. The minimum absolute atomic E-state index is 0.0937. The number of rotatable bonds is 8. The van der Waals surface area contributed by atoms with Gasteiger partial charge in [-0.15, -0.1) is 0 Å². The van der Waals surface area contributed by atoms with Crippen molar-refractivity contribution < 1.29 is 4.74 Å². The summed E-state index contributed by atoms with van der Waals surface area (Å²) in [4.78, 5) is 22.0. The van der Waals surface area contributed by atoms with Crippen LogP contribution in [0.15, 0.2) is 102 Å². The lowest BCUT2D eigenvalue weighted by Crippen LogP contribution is -2.44. The normalized spacial score (nSPS) is 19.2. The summed E-state index contributed by atoms with van der Waals surface area (Å²) in [6.45, 7) is 2.75. The molecule has 1 N–H and O–H groups in total. The van der Waals surface area contributed by atoms with Crippen LogP contribution >= 0.6 is 0 Å². The molecule has 40 heavy (non-hydrogen) atoms. The Bertz CT molecular complexity index is 1720. The van der Waals surface area contributed by atoms with Crippen LogP contribution in [0.4, 0.5) is 0 Å². The molecule has 0 saturated heterocycles. The number of hydrogen-bond acceptors (Lipinski definition) is 6. The summed E-state index contributed by atoms with van der Waals surface area (Å²) < 4.78 is 10.4. The average molecular weight is 532 g/mol. The number of benzene rings is 3. The van der Waals surface area contributed by atoms with Gasteiger partial charge in [0.1, 0.15) is 5.60 Å². The van der Waals surface area contributed by atoms with Crippen molar-refractivity contribution in [2.75, 3.05) is 6.61 Å². The molecule has 7 rings (SSSR count). The summed E-state index contributed by atoms with van der Waals surface area (Å²) >= 11 is 0. The molecular weight excluding hydrogens is 502 g/mol. The van der Waals surface area contributed by atoms with Crippen LogP contribution in [0.2, 0.25) is 0 Å². The lowest BCUT2D eigenvalue weighted by molar-refractivity contribution is -0.0656. The molecule has 1 fully saturated rings. The number of aromatic nitrogens is 7. The van der Waals surface area contributed by atoms with Crippen LogP contribution in [0, 0.1) is 11.8 Å². The average Bonchev–Trinajstić information content (AvgIpc) is 3.65. The first-order valence-electron chi connectivity index (χ1n) is 13.7. The highest BCUT2D eigenvalue weighted by molar-refractivity contribution is 5.71. The first-order valence-corrected chi connectivity index (χ1v) is 13.7. The Morgan fingerprint density at radius 2 is 1.52 bits per heavy atom. The molecule has 1 aliphatic rings. The molecule has 3 aromatic carbocycles. The Hall–Kier alpha value is -4.63. The van der Waals surface area contributed by atoms with Gasteiger partial charge in [0.25, 0.3) is 5.78 Å². The molecule has 0 radical (unpaired) electrons. The fraction of sp³-hybridized carbons (Fsp3) is 0.258. The molecule has 3 heterocycles. The number of tetrazole rings is 1. The topological polar surface area (TPSA) is 103 Å². The van der Waals surface area contributed by atoms with Crippen molar-refractivity contribution in [1.29, 1.82) is 0 Å². The first-order chi connectivity index (χ1) is 19.7. The number of H-pyrrole nitrogens is 1. The van der Waals surface area contributed by atoms with Gasteiger partial charge in [0.2, 0.25) is 0 Å². The molecule has 200 valence electrons. The van der Waals surface area contributed by atoms with E-state index in [1.165, 1.54) is 4.52 Å². The standard InChI is InChI=1S/C31H29N7O2/c1-2-21-18-26(37-20-32-27-28(37)33-30-34-35-36-38(30)29(27)39)25(21)19-40-31(22-12-6-3-7-13-22,23-14-8-4-9-15-23)24-16-10-5-11-17-24/h3-17,20-21,25-26H,2,18-19H2,1H3,(H,33,34,36)/t21-,25+,26+/m0/s1. The van der Waals surface area contributed by atoms with Crippen LogP contribution in [-0.4, -0.2) is 41.2 Å². The van der Waals surface area contributed by atoms with Crippen LogP contribution in [0.5, 0.6) is 0 Å². The Labute approximate surface area is 230 Å². The highest BCUT2D eigenvalue weighted by Gasteiger charge is 2.45. The van der Waals surface area contributed by atoms with E-state index in [4.69, 9.17) is 4.74 Å². The maximum atomic E-state index is 12.9. The number of fused-ring (bicyclic) bond motifs is 2. The lowest BCUT2D eigenvalue weighted by Gasteiger charge is -2.47. The molecule has 0 unspecified atom stereocenters. The number of nitrogens with one attached hydrogen (secondary N) is 1. The molecule has 0 aliphatic heterocycles. The molecule has 1 aliphatic carbocycles. The molecular formula is C31H29N7O2. The molecule has 3 atom stereocenters. The van der Waals surface area contributed by atoms with Gasteiger partial charge in [0.05, 0.1) is 12.9 Å². The van der Waals surface area contributed by atoms with Gasteiger partial charge in [-0.3, -0.25) is 4.79 Å². The van der Waals surface area contributed by atoms with E-state index in [0.717, 1.165) is 29.5 Å². The zero-order chi connectivity index (χ0) is 27.1. The van der Waals surface area contributed by atoms with E-state index in [-0.39, 0.29) is 23.3 Å². The van der Waals surface area contributed by atoms with E-state index in [2.05, 4.69) is 105 Å². The zero-order valence-corrected chi connectivity index (χ0v) is 22.1. The van der Waals surface area contributed by atoms with Gasteiger partial charge in [-0.25, -0.2) is 4.98 Å². The van der Waals surface area contributed by atoms with Crippen LogP contribution in [0.25, 0.3) is 16.9 Å². The monoisotopic (exact) mass is 531 g/mol. The molecule has 0 amide bonds. The SMILES string of the molecule is CC[C@H]1C[C@@H](n2cnc3c(=O)n4[nH]nnc4nc32)[C@@H]1COC(c1ccccc1)(c1ccccc1)c1ccccc1. The van der Waals surface area contributed by atoms with Crippen LogP contribution in [0.3, 0.4) is 0 Å². The van der Waals surface area contributed by atoms with Crippen molar-refractivity contribution in [3.05, 3.63) is 124 Å². The van der Waals surface area contributed by atoms with Crippen LogP contribution in [0.1, 0.15) is 42.5 Å². The van der Waals surface area contributed by atoms with E-state index in [1.807, 2.05) is 22.8 Å². The summed E-state index contributed by atoms with van der Waals surface area (Å²) in [5.74, 6) is 0.907. The number of ether oxygens (including phenoxy) is 1. The van der Waals surface area contributed by atoms with E-state index >= 15 is 0 Å². The summed E-state index contributed by atoms with van der Waals surface area (Å²) in [6.07, 6.45) is 3.73. The highest BCUT2D eigenvalue weighted by atomic mass is 16.5. The van der Waals surface area contributed by atoms with Crippen molar-refractivity contribution in [3.63, 3.8) is 0 Å². The van der Waals surface area contributed by atoms with Crippen molar-refractivity contribution in [2.24, 2.45) is 11.8 Å². The largest absolute Gasteiger partial charge is 0.360 e. The predicted molar refractivity (Wildman–Crippen MR) is 151 cm³/mol. The summed E-state index contributed by atoms with van der Waals surface area (Å²) in [5.41, 5.74) is 2.97. The third kappa shape index (κ3) is 3.76.